The Morgan fingerprint density at radius 2 is 2.04 bits per heavy atom. The van der Waals surface area contributed by atoms with E-state index in [0.29, 0.717) is 12.6 Å². The van der Waals surface area contributed by atoms with E-state index < -0.39 is 38.2 Å². The summed E-state index contributed by atoms with van der Waals surface area (Å²) in [7, 11) is -3.21. The topological polar surface area (TPSA) is 84.5 Å². The average Bonchev–Trinajstić information content (AvgIpc) is 2.59. The predicted molar refractivity (Wildman–Crippen MR) is 95.4 cm³/mol. The van der Waals surface area contributed by atoms with Gasteiger partial charge in [0, 0.05) is 13.1 Å². The highest BCUT2D eigenvalue weighted by Gasteiger charge is 2.37. The molecule has 1 saturated heterocycles. The molecule has 1 aliphatic heterocycles. The second-order valence-corrected chi connectivity index (χ2v) is 8.38. The summed E-state index contributed by atoms with van der Waals surface area (Å²) in [5.74, 6) is -1.19. The standard InChI is InChI=1S/C16H21F3N2O4S.ClH/c1-15(6-3-7-20-9-15)10-21-26(23,24)11-4-5-12(14(22)25-2)13(8-11)16(17,18)19;/h4-5,8,20-21H,3,6-7,9-10H2,1-2H3;1H. The Morgan fingerprint density at radius 3 is 2.56 bits per heavy atom. The minimum absolute atomic E-state index is 0. The maximum absolute atomic E-state index is 13.2. The number of piperidine rings is 1. The summed E-state index contributed by atoms with van der Waals surface area (Å²) < 4.78 is 71.2. The highest BCUT2D eigenvalue weighted by Crippen LogP contribution is 2.34. The van der Waals surface area contributed by atoms with Crippen LogP contribution in [0.2, 0.25) is 0 Å². The molecule has 0 radical (unpaired) electrons. The van der Waals surface area contributed by atoms with E-state index in [1.807, 2.05) is 6.92 Å². The van der Waals surface area contributed by atoms with Gasteiger partial charge in [0.2, 0.25) is 10.0 Å². The Labute approximate surface area is 162 Å². The van der Waals surface area contributed by atoms with Crippen molar-refractivity contribution in [2.45, 2.75) is 30.8 Å². The van der Waals surface area contributed by atoms with E-state index in [0.717, 1.165) is 38.6 Å². The number of hydrogen-bond acceptors (Lipinski definition) is 5. The Hall–Kier alpha value is -1.36. The third-order valence-corrected chi connectivity index (χ3v) is 5.79. The molecule has 0 amide bonds. The number of methoxy groups -OCH3 is 1. The molecule has 1 fully saturated rings. The molecule has 2 rings (SSSR count). The lowest BCUT2D eigenvalue weighted by Crippen LogP contribution is -2.45. The molecule has 1 aromatic rings. The summed E-state index contributed by atoms with van der Waals surface area (Å²) in [6.45, 7) is 3.47. The van der Waals surface area contributed by atoms with Crippen LogP contribution in [0, 0.1) is 5.41 Å². The quantitative estimate of drug-likeness (QED) is 0.701. The van der Waals surface area contributed by atoms with Crippen LogP contribution in [0.25, 0.3) is 0 Å². The lowest BCUT2D eigenvalue weighted by atomic mass is 9.83. The number of hydrogen-bond donors (Lipinski definition) is 2. The van der Waals surface area contributed by atoms with Gasteiger partial charge in [-0.15, -0.1) is 12.4 Å². The van der Waals surface area contributed by atoms with Crippen molar-refractivity contribution >= 4 is 28.4 Å². The van der Waals surface area contributed by atoms with Crippen LogP contribution in [-0.2, 0) is 20.9 Å². The van der Waals surface area contributed by atoms with Crippen LogP contribution in [0.15, 0.2) is 23.1 Å². The summed E-state index contributed by atoms with van der Waals surface area (Å²) in [6, 6.07) is 2.23. The molecule has 1 unspecified atom stereocenters. The third-order valence-electron chi connectivity index (χ3n) is 4.39. The van der Waals surface area contributed by atoms with Crippen molar-refractivity contribution in [1.82, 2.24) is 10.0 Å². The number of rotatable bonds is 5. The molecular weight excluding hydrogens is 409 g/mol. The first-order valence-electron chi connectivity index (χ1n) is 7.98. The molecule has 1 aromatic carbocycles. The van der Waals surface area contributed by atoms with E-state index in [2.05, 4.69) is 14.8 Å². The van der Waals surface area contributed by atoms with Gasteiger partial charge in [-0.1, -0.05) is 6.92 Å². The van der Waals surface area contributed by atoms with Gasteiger partial charge in [-0.2, -0.15) is 13.2 Å². The van der Waals surface area contributed by atoms with E-state index in [-0.39, 0.29) is 24.4 Å². The number of halogens is 4. The van der Waals surface area contributed by atoms with Gasteiger partial charge < -0.3 is 10.1 Å². The molecule has 27 heavy (non-hydrogen) atoms. The smallest absolute Gasteiger partial charge is 0.417 e. The van der Waals surface area contributed by atoms with E-state index in [4.69, 9.17) is 0 Å². The summed E-state index contributed by atoms with van der Waals surface area (Å²) >= 11 is 0. The van der Waals surface area contributed by atoms with Crippen LogP contribution >= 0.6 is 12.4 Å². The lowest BCUT2D eigenvalue weighted by Gasteiger charge is -2.34. The number of carbonyl (C=O) groups excluding carboxylic acids is 1. The van der Waals surface area contributed by atoms with E-state index in [9.17, 15) is 26.4 Å². The van der Waals surface area contributed by atoms with Crippen molar-refractivity contribution in [1.29, 1.82) is 0 Å². The van der Waals surface area contributed by atoms with Gasteiger partial charge in [0.1, 0.15) is 0 Å². The summed E-state index contributed by atoms with van der Waals surface area (Å²) in [5, 5.41) is 3.17. The number of ether oxygens (including phenoxy) is 1. The van der Waals surface area contributed by atoms with Crippen molar-refractivity contribution in [3.05, 3.63) is 29.3 Å². The molecule has 2 N–H and O–H groups in total. The molecule has 0 spiro atoms. The SMILES string of the molecule is COC(=O)c1ccc(S(=O)(=O)NCC2(C)CCCNC2)cc1C(F)(F)F.Cl. The molecule has 0 saturated carbocycles. The first-order valence-corrected chi connectivity index (χ1v) is 9.47. The van der Waals surface area contributed by atoms with Gasteiger partial charge in [-0.25, -0.2) is 17.9 Å². The largest absolute Gasteiger partial charge is 0.465 e. The van der Waals surface area contributed by atoms with Crippen molar-refractivity contribution in [3.8, 4) is 0 Å². The van der Waals surface area contributed by atoms with Crippen LogP contribution in [0.3, 0.4) is 0 Å². The second kappa shape index (κ2) is 8.76. The van der Waals surface area contributed by atoms with Gasteiger partial charge in [-0.05, 0) is 43.0 Å². The van der Waals surface area contributed by atoms with Gasteiger partial charge in [0.25, 0.3) is 0 Å². The van der Waals surface area contributed by atoms with E-state index in [1.54, 1.807) is 0 Å². The predicted octanol–water partition coefficient (Wildman–Crippen LogP) is 2.58. The number of esters is 1. The highest BCUT2D eigenvalue weighted by molar-refractivity contribution is 7.89. The summed E-state index contributed by atoms with van der Waals surface area (Å²) in [4.78, 5) is 11.0. The minimum atomic E-state index is -4.89. The second-order valence-electron chi connectivity index (χ2n) is 6.61. The Bertz CT molecular complexity index is 778. The van der Waals surface area contributed by atoms with E-state index in [1.165, 1.54) is 0 Å². The monoisotopic (exact) mass is 430 g/mol. The Kier molecular flexibility index (Phi) is 7.69. The molecule has 154 valence electrons. The minimum Gasteiger partial charge on any atom is -0.465 e. The zero-order valence-electron chi connectivity index (χ0n) is 14.9. The molecule has 11 heteroatoms. The molecule has 0 aliphatic carbocycles. The van der Waals surface area contributed by atoms with Crippen LogP contribution in [0.5, 0.6) is 0 Å². The average molecular weight is 431 g/mol. The maximum Gasteiger partial charge on any atom is 0.417 e. The summed E-state index contributed by atoms with van der Waals surface area (Å²) in [6.07, 6.45) is -3.20. The summed E-state index contributed by atoms with van der Waals surface area (Å²) in [5.41, 5.74) is -2.40. The molecule has 1 aliphatic rings. The Balaban J connectivity index is 0.00000364. The number of carbonyl (C=O) groups is 1. The van der Waals surface area contributed by atoms with E-state index >= 15 is 0 Å². The number of alkyl halides is 3. The fourth-order valence-corrected chi connectivity index (χ4v) is 4.06. The van der Waals surface area contributed by atoms with Crippen molar-refractivity contribution in [2.24, 2.45) is 5.41 Å². The molecule has 6 nitrogen and oxygen atoms in total. The fourth-order valence-electron chi connectivity index (χ4n) is 2.84. The fraction of sp³-hybridized carbons (Fsp3) is 0.562. The van der Waals surface area contributed by atoms with Crippen molar-refractivity contribution in [2.75, 3.05) is 26.7 Å². The molecule has 0 aromatic heterocycles. The zero-order valence-corrected chi connectivity index (χ0v) is 16.5. The molecule has 1 heterocycles. The van der Waals surface area contributed by atoms with Crippen LogP contribution in [-0.4, -0.2) is 41.1 Å². The molecular formula is C16H22ClF3N2O4S. The number of benzene rings is 1. The number of nitrogens with one attached hydrogen (secondary N) is 2. The lowest BCUT2D eigenvalue weighted by molar-refractivity contribution is -0.138. The first kappa shape index (κ1) is 23.7. The van der Waals surface area contributed by atoms with Crippen LogP contribution in [0.4, 0.5) is 13.2 Å². The van der Waals surface area contributed by atoms with Gasteiger partial charge >= 0.3 is 12.1 Å². The Morgan fingerprint density at radius 1 is 1.37 bits per heavy atom. The van der Waals surface area contributed by atoms with Gasteiger partial charge in [0.05, 0.1) is 23.1 Å². The first-order chi connectivity index (χ1) is 12.0. The van der Waals surface area contributed by atoms with Crippen LogP contribution in [0.1, 0.15) is 35.7 Å². The van der Waals surface area contributed by atoms with Crippen LogP contribution < -0.4 is 10.0 Å². The maximum atomic E-state index is 13.2. The van der Waals surface area contributed by atoms with Gasteiger partial charge in [0.15, 0.2) is 0 Å². The molecule has 0 bridgehead atoms. The normalized spacial score (nSPS) is 20.6. The van der Waals surface area contributed by atoms with Crippen molar-refractivity contribution in [3.63, 3.8) is 0 Å². The van der Waals surface area contributed by atoms with Crippen molar-refractivity contribution < 1.29 is 31.1 Å². The van der Waals surface area contributed by atoms with Gasteiger partial charge in [-0.3, -0.25) is 0 Å². The zero-order chi connectivity index (χ0) is 19.6. The molecule has 1 atom stereocenters. The highest BCUT2D eigenvalue weighted by atomic mass is 35.5. The number of sulfonamides is 1. The third kappa shape index (κ3) is 5.81.